The van der Waals surface area contributed by atoms with Gasteiger partial charge in [0.25, 0.3) is 0 Å². The van der Waals surface area contributed by atoms with Crippen molar-refractivity contribution < 1.29 is 49.0 Å². The average Bonchev–Trinajstić information content (AvgIpc) is 3.48. The fourth-order valence-corrected chi connectivity index (χ4v) is 6.02. The summed E-state index contributed by atoms with van der Waals surface area (Å²) in [6, 6.07) is 0. The highest BCUT2D eigenvalue weighted by Crippen LogP contribution is 2.32. The molecule has 14 heteroatoms. The predicted octanol–water partition coefficient (Wildman–Crippen LogP) is 6.14. The van der Waals surface area contributed by atoms with E-state index in [1.807, 2.05) is 26.0 Å². The van der Waals surface area contributed by atoms with Gasteiger partial charge in [0.05, 0.1) is 56.1 Å². The van der Waals surface area contributed by atoms with Crippen LogP contribution in [-0.4, -0.2) is 96.7 Å². The molecule has 2 aromatic rings. The molecule has 0 saturated carbocycles. The molecule has 0 bridgehead atoms. The van der Waals surface area contributed by atoms with E-state index in [2.05, 4.69) is 38.5 Å². The van der Waals surface area contributed by atoms with Gasteiger partial charge in [-0.15, -0.1) is 0 Å². The fraction of sp³-hybridized carbons (Fsp3) is 0.659. The molecule has 308 valence electrons. The molecule has 0 aliphatic carbocycles. The van der Waals surface area contributed by atoms with Crippen molar-refractivity contribution in [3.05, 3.63) is 59.7 Å². The smallest absolute Gasteiger partial charge is 0.305 e. The van der Waals surface area contributed by atoms with Crippen molar-refractivity contribution in [3.63, 3.8) is 0 Å². The molecule has 0 aromatic carbocycles. The van der Waals surface area contributed by atoms with Crippen LogP contribution in [0.2, 0.25) is 0 Å². The van der Waals surface area contributed by atoms with Gasteiger partial charge in [-0.25, -0.2) is 19.9 Å². The van der Waals surface area contributed by atoms with E-state index in [4.69, 9.17) is 14.2 Å². The summed E-state index contributed by atoms with van der Waals surface area (Å²) in [4.78, 5) is 38.9. The van der Waals surface area contributed by atoms with Gasteiger partial charge in [0.15, 0.2) is 5.79 Å². The summed E-state index contributed by atoms with van der Waals surface area (Å²) >= 11 is 0. The summed E-state index contributed by atoms with van der Waals surface area (Å²) in [5.41, 5.74) is 2.53. The minimum Gasteiger partial charge on any atom is -0.469 e. The van der Waals surface area contributed by atoms with Gasteiger partial charge in [0.1, 0.15) is 18.8 Å². The molecule has 0 radical (unpaired) electrons. The Morgan fingerprint density at radius 2 is 1.29 bits per heavy atom. The van der Waals surface area contributed by atoms with E-state index < -0.39 is 30.2 Å². The molecule has 1 fully saturated rings. The van der Waals surface area contributed by atoms with Crippen LogP contribution >= 0.6 is 0 Å². The lowest BCUT2D eigenvalue weighted by atomic mass is 10.0. The Hall–Kier alpha value is -3.66. The van der Waals surface area contributed by atoms with Crippen molar-refractivity contribution in [1.29, 1.82) is 0 Å². The van der Waals surface area contributed by atoms with E-state index in [0.717, 1.165) is 44.1 Å². The van der Waals surface area contributed by atoms with Crippen LogP contribution < -0.4 is 0 Å². The van der Waals surface area contributed by atoms with E-state index in [1.165, 1.54) is 33.0 Å². The number of ether oxygens (including phenoxy) is 4. The minimum absolute atomic E-state index is 0.159. The SMILES string of the molecule is CCCCC[C@H](O)c1ncncc1/C=C/[C@@H](O)[C@@H](O)CCCC(=O)OC.CCCCC[C@H](O)c1ncncc1/C=C/[C@H]1OC(C)(C)O[C@H]1CCCC(=O)OC. The third-order valence-electron chi connectivity index (χ3n) is 9.10. The molecule has 4 N–H and O–H groups in total. The van der Waals surface area contributed by atoms with Gasteiger partial charge < -0.3 is 39.4 Å². The van der Waals surface area contributed by atoms with Crippen molar-refractivity contribution in [1.82, 2.24) is 19.9 Å². The number of hydrogen-bond acceptors (Lipinski definition) is 14. The molecule has 1 saturated heterocycles. The Balaban J connectivity index is 0.000000383. The minimum atomic E-state index is -1.09. The molecule has 6 atom stereocenters. The van der Waals surface area contributed by atoms with Crippen molar-refractivity contribution in [2.24, 2.45) is 0 Å². The average molecular weight is 773 g/mol. The largest absolute Gasteiger partial charge is 0.469 e. The van der Waals surface area contributed by atoms with E-state index in [0.29, 0.717) is 55.5 Å². The van der Waals surface area contributed by atoms with Crippen LogP contribution in [0.15, 0.2) is 37.2 Å². The van der Waals surface area contributed by atoms with Crippen molar-refractivity contribution >= 4 is 24.1 Å². The molecule has 0 amide bonds. The zero-order valence-corrected chi connectivity index (χ0v) is 33.5. The first kappa shape index (κ1) is 47.5. The molecule has 1 aliphatic rings. The van der Waals surface area contributed by atoms with Gasteiger partial charge >= 0.3 is 11.9 Å². The van der Waals surface area contributed by atoms with E-state index in [9.17, 15) is 30.0 Å². The van der Waals surface area contributed by atoms with Gasteiger partial charge in [-0.05, 0) is 52.4 Å². The number of methoxy groups -OCH3 is 2. The standard InChI is InChI=1S/C22H34N2O5.C19H30N2O5/c1-5-6-7-9-17(25)21-16(14-23-15-24-21)12-13-19-18(28-22(2,3)29-19)10-8-11-20(26)27-4;1-3-4-5-7-17(24)19-14(12-20-13-21-19)10-11-16(23)15(22)8-6-9-18(25)26-2/h12-15,17-19,25H,5-11H2,1-4H3;10-13,15-17,22-24H,3-9H2,1-2H3/b13-12+;11-10+/t17-,18-,19+;15-,16+,17-/m00/s1. The third-order valence-corrected chi connectivity index (χ3v) is 9.10. The second kappa shape index (κ2) is 26.2. The lowest BCUT2D eigenvalue weighted by molar-refractivity contribution is -0.144. The molecule has 1 aliphatic heterocycles. The Bertz CT molecular complexity index is 1460. The van der Waals surface area contributed by atoms with Crippen LogP contribution in [0, 0.1) is 0 Å². The topological polar surface area (TPSA) is 204 Å². The number of aromatic nitrogens is 4. The number of carbonyl (C=O) groups is 2. The monoisotopic (exact) mass is 772 g/mol. The number of carbonyl (C=O) groups excluding carboxylic acids is 2. The first-order chi connectivity index (χ1) is 26.3. The zero-order valence-electron chi connectivity index (χ0n) is 33.5. The first-order valence-corrected chi connectivity index (χ1v) is 19.5. The number of unbranched alkanes of at least 4 members (excludes halogenated alkanes) is 4. The maximum absolute atomic E-state index is 11.4. The number of rotatable bonds is 23. The van der Waals surface area contributed by atoms with Gasteiger partial charge in [-0.1, -0.05) is 76.7 Å². The highest BCUT2D eigenvalue weighted by Gasteiger charge is 2.39. The van der Waals surface area contributed by atoms with Crippen LogP contribution in [0.4, 0.5) is 0 Å². The van der Waals surface area contributed by atoms with Gasteiger partial charge in [0.2, 0.25) is 0 Å². The normalized spacial score (nSPS) is 18.7. The predicted molar refractivity (Wildman–Crippen MR) is 208 cm³/mol. The molecule has 0 spiro atoms. The van der Waals surface area contributed by atoms with Crippen LogP contribution in [0.1, 0.15) is 152 Å². The van der Waals surface area contributed by atoms with Crippen molar-refractivity contribution in [3.8, 4) is 0 Å². The first-order valence-electron chi connectivity index (χ1n) is 19.5. The van der Waals surface area contributed by atoms with Crippen LogP contribution in [-0.2, 0) is 28.5 Å². The molecular formula is C41H64N4O10. The molecule has 3 rings (SSSR count). The van der Waals surface area contributed by atoms with Gasteiger partial charge in [-0.2, -0.15) is 0 Å². The Labute approximate surface area is 326 Å². The number of aliphatic hydroxyl groups excluding tert-OH is 4. The van der Waals surface area contributed by atoms with Crippen molar-refractivity contribution in [2.75, 3.05) is 14.2 Å². The maximum Gasteiger partial charge on any atom is 0.305 e. The Morgan fingerprint density at radius 1 is 0.764 bits per heavy atom. The molecule has 55 heavy (non-hydrogen) atoms. The van der Waals surface area contributed by atoms with Crippen LogP contribution in [0.5, 0.6) is 0 Å². The summed E-state index contributed by atoms with van der Waals surface area (Å²) < 4.78 is 21.3. The quantitative estimate of drug-likeness (QED) is 0.0741. The van der Waals surface area contributed by atoms with Crippen LogP contribution in [0.3, 0.4) is 0 Å². The van der Waals surface area contributed by atoms with Gasteiger partial charge in [0, 0.05) is 36.4 Å². The number of esters is 2. The van der Waals surface area contributed by atoms with Crippen LogP contribution in [0.25, 0.3) is 12.2 Å². The summed E-state index contributed by atoms with van der Waals surface area (Å²) in [6.07, 6.45) is 19.3. The molecule has 0 unspecified atom stereocenters. The lowest BCUT2D eigenvalue weighted by Crippen LogP contribution is -2.23. The lowest BCUT2D eigenvalue weighted by Gasteiger charge is -2.16. The highest BCUT2D eigenvalue weighted by atomic mass is 16.7. The molecule has 14 nitrogen and oxygen atoms in total. The summed E-state index contributed by atoms with van der Waals surface area (Å²) in [5.74, 6) is -1.26. The number of hydrogen-bond donors (Lipinski definition) is 4. The highest BCUT2D eigenvalue weighted by molar-refractivity contribution is 5.69. The summed E-state index contributed by atoms with van der Waals surface area (Å²) in [5, 5.41) is 40.9. The van der Waals surface area contributed by atoms with E-state index in [-0.39, 0.29) is 37.0 Å². The fourth-order valence-electron chi connectivity index (χ4n) is 6.02. The molecule has 3 heterocycles. The molecular weight excluding hydrogens is 708 g/mol. The zero-order chi connectivity index (χ0) is 40.6. The number of nitrogens with zero attached hydrogens (tertiary/aromatic N) is 4. The number of aliphatic hydroxyl groups is 4. The summed E-state index contributed by atoms with van der Waals surface area (Å²) in [6.45, 7) is 7.99. The Morgan fingerprint density at radius 3 is 1.82 bits per heavy atom. The summed E-state index contributed by atoms with van der Waals surface area (Å²) in [7, 11) is 2.70. The second-order valence-corrected chi connectivity index (χ2v) is 14.1. The Kier molecular flexibility index (Phi) is 22.7. The van der Waals surface area contributed by atoms with E-state index in [1.54, 1.807) is 18.5 Å². The van der Waals surface area contributed by atoms with E-state index >= 15 is 0 Å². The second-order valence-electron chi connectivity index (χ2n) is 14.1. The molecule has 2 aromatic heterocycles. The van der Waals surface area contributed by atoms with Gasteiger partial charge in [-0.3, -0.25) is 9.59 Å². The third kappa shape index (κ3) is 18.2. The van der Waals surface area contributed by atoms with Crippen molar-refractivity contribution in [2.45, 2.75) is 160 Å². The maximum atomic E-state index is 11.4.